The summed E-state index contributed by atoms with van der Waals surface area (Å²) in [5.74, 6) is -0.398. The first-order chi connectivity index (χ1) is 10.8. The molecule has 0 spiro atoms. The van der Waals surface area contributed by atoms with Crippen LogP contribution in [0.2, 0.25) is 10.0 Å². The molecule has 1 saturated heterocycles. The topological polar surface area (TPSA) is 75.7 Å². The summed E-state index contributed by atoms with van der Waals surface area (Å²) in [6.07, 6.45) is 1.87. The number of carbonyl (C=O) groups excluding carboxylic acids is 1. The molecule has 0 unspecified atom stereocenters. The van der Waals surface area contributed by atoms with Gasteiger partial charge in [-0.25, -0.2) is 8.42 Å². The Morgan fingerprint density at radius 1 is 1.43 bits per heavy atom. The van der Waals surface area contributed by atoms with Crippen LogP contribution in [0.1, 0.15) is 12.8 Å². The molecule has 0 aromatic heterocycles. The molecule has 9 heteroatoms. The summed E-state index contributed by atoms with van der Waals surface area (Å²) in [6.45, 7) is 0.768. The third kappa shape index (κ3) is 4.81. The Kier molecular flexibility index (Phi) is 6.27. The molecule has 1 fully saturated rings. The molecule has 1 heterocycles. The molecule has 6 nitrogen and oxygen atoms in total. The van der Waals surface area contributed by atoms with Gasteiger partial charge in [-0.05, 0) is 31.0 Å². The van der Waals surface area contributed by atoms with Crippen molar-refractivity contribution in [1.29, 1.82) is 0 Å². The van der Waals surface area contributed by atoms with Crippen LogP contribution >= 0.6 is 23.2 Å². The van der Waals surface area contributed by atoms with E-state index in [1.807, 2.05) is 0 Å². The lowest BCUT2D eigenvalue weighted by molar-refractivity contribution is -0.121. The van der Waals surface area contributed by atoms with Crippen LogP contribution in [0.25, 0.3) is 0 Å². The number of benzene rings is 1. The minimum Gasteiger partial charge on any atom is -0.376 e. The molecule has 23 heavy (non-hydrogen) atoms. The third-order valence-corrected chi connectivity index (χ3v) is 6.02. The minimum atomic E-state index is -3.90. The van der Waals surface area contributed by atoms with Crippen molar-refractivity contribution in [2.45, 2.75) is 23.8 Å². The van der Waals surface area contributed by atoms with Gasteiger partial charge < -0.3 is 10.1 Å². The number of likely N-dealkylation sites (N-methyl/N-ethyl adjacent to an activating group) is 1. The summed E-state index contributed by atoms with van der Waals surface area (Å²) in [6, 6.07) is 4.17. The number of halogens is 2. The van der Waals surface area contributed by atoms with Gasteiger partial charge in [-0.2, -0.15) is 4.31 Å². The fraction of sp³-hybridized carbons (Fsp3) is 0.500. The second-order valence-corrected chi connectivity index (χ2v) is 8.13. The van der Waals surface area contributed by atoms with Gasteiger partial charge in [0.25, 0.3) is 0 Å². The summed E-state index contributed by atoms with van der Waals surface area (Å²) >= 11 is 11.7. The predicted octanol–water partition coefficient (Wildman–Crippen LogP) is 1.91. The Morgan fingerprint density at radius 2 is 2.17 bits per heavy atom. The molecular weight excluding hydrogens is 363 g/mol. The maximum absolute atomic E-state index is 12.5. The lowest BCUT2D eigenvalue weighted by Gasteiger charge is -2.18. The van der Waals surface area contributed by atoms with Gasteiger partial charge in [0.05, 0.1) is 17.7 Å². The quantitative estimate of drug-likeness (QED) is 0.817. The second kappa shape index (κ2) is 7.81. The molecule has 1 amide bonds. The first kappa shape index (κ1) is 18.5. The van der Waals surface area contributed by atoms with Crippen molar-refractivity contribution in [3.8, 4) is 0 Å². The van der Waals surface area contributed by atoms with Crippen LogP contribution in [0.3, 0.4) is 0 Å². The van der Waals surface area contributed by atoms with Gasteiger partial charge >= 0.3 is 0 Å². The van der Waals surface area contributed by atoms with Gasteiger partial charge in [-0.15, -0.1) is 0 Å². The number of ether oxygens (including phenoxy) is 1. The molecule has 0 radical (unpaired) electrons. The summed E-state index contributed by atoms with van der Waals surface area (Å²) in [7, 11) is -2.58. The molecule has 1 aliphatic rings. The Hall–Kier alpha value is -0.860. The molecule has 2 rings (SSSR count). The Bertz CT molecular complexity index is 675. The van der Waals surface area contributed by atoms with Crippen molar-refractivity contribution in [3.63, 3.8) is 0 Å². The van der Waals surface area contributed by atoms with Gasteiger partial charge in [-0.3, -0.25) is 4.79 Å². The summed E-state index contributed by atoms with van der Waals surface area (Å²) in [4.78, 5) is 11.8. The van der Waals surface area contributed by atoms with E-state index in [1.165, 1.54) is 25.2 Å². The van der Waals surface area contributed by atoms with Gasteiger partial charge in [0.1, 0.15) is 4.90 Å². The Balaban J connectivity index is 1.99. The van der Waals surface area contributed by atoms with Crippen LogP contribution in [-0.4, -0.2) is 51.5 Å². The van der Waals surface area contributed by atoms with Crippen LogP contribution in [0.5, 0.6) is 0 Å². The Labute approximate surface area is 145 Å². The molecule has 0 saturated carbocycles. The number of nitrogens with one attached hydrogen (secondary N) is 1. The lowest BCUT2D eigenvalue weighted by atomic mass is 10.2. The smallest absolute Gasteiger partial charge is 0.244 e. The standard InChI is InChI=1S/C14H18Cl2N2O4S/c1-18(9-14(19)17-8-11-3-2-6-22-11)23(20,21)13-7-10(15)4-5-12(13)16/h4-5,7,11H,2-3,6,8-9H2,1H3,(H,17,19)/t11-/m0/s1. The SMILES string of the molecule is CN(CC(=O)NC[C@@H]1CCCO1)S(=O)(=O)c1cc(Cl)ccc1Cl. The molecule has 0 bridgehead atoms. The minimum absolute atomic E-state index is 0.00300. The van der Waals surface area contributed by atoms with Gasteiger partial charge in [0.15, 0.2) is 0 Å². The summed E-state index contributed by atoms with van der Waals surface area (Å²) < 4.78 is 31.3. The molecule has 1 atom stereocenters. The van der Waals surface area contributed by atoms with Crippen molar-refractivity contribution in [1.82, 2.24) is 9.62 Å². The molecule has 1 N–H and O–H groups in total. The highest BCUT2D eigenvalue weighted by Crippen LogP contribution is 2.27. The van der Waals surface area contributed by atoms with Gasteiger partial charge in [0.2, 0.25) is 15.9 Å². The van der Waals surface area contributed by atoms with Gasteiger partial charge in [-0.1, -0.05) is 23.2 Å². The van der Waals surface area contributed by atoms with Crippen molar-refractivity contribution in [2.24, 2.45) is 0 Å². The number of amides is 1. The van der Waals surface area contributed by atoms with E-state index in [9.17, 15) is 13.2 Å². The number of sulfonamides is 1. The second-order valence-electron chi connectivity index (χ2n) is 5.27. The zero-order valence-electron chi connectivity index (χ0n) is 12.6. The fourth-order valence-electron chi connectivity index (χ4n) is 2.22. The Morgan fingerprint density at radius 3 is 2.83 bits per heavy atom. The number of hydrogen-bond acceptors (Lipinski definition) is 4. The van der Waals surface area contributed by atoms with E-state index >= 15 is 0 Å². The van der Waals surface area contributed by atoms with Gasteiger partial charge in [0, 0.05) is 25.2 Å². The summed E-state index contributed by atoms with van der Waals surface area (Å²) in [5, 5.41) is 2.99. The summed E-state index contributed by atoms with van der Waals surface area (Å²) in [5.41, 5.74) is 0. The van der Waals surface area contributed by atoms with E-state index in [-0.39, 0.29) is 27.6 Å². The van der Waals surface area contributed by atoms with Crippen molar-refractivity contribution < 1.29 is 17.9 Å². The predicted molar refractivity (Wildman–Crippen MR) is 88.3 cm³/mol. The molecule has 1 aliphatic heterocycles. The molecule has 128 valence electrons. The highest BCUT2D eigenvalue weighted by molar-refractivity contribution is 7.89. The van der Waals surface area contributed by atoms with E-state index in [4.69, 9.17) is 27.9 Å². The average Bonchev–Trinajstić information content (AvgIpc) is 3.00. The number of carbonyl (C=O) groups is 1. The van der Waals surface area contributed by atoms with E-state index in [0.717, 1.165) is 17.1 Å². The molecular formula is C14H18Cl2N2O4S. The number of hydrogen-bond donors (Lipinski definition) is 1. The highest BCUT2D eigenvalue weighted by Gasteiger charge is 2.26. The van der Waals surface area contributed by atoms with E-state index in [2.05, 4.69) is 5.32 Å². The maximum atomic E-state index is 12.5. The van der Waals surface area contributed by atoms with E-state index in [0.29, 0.717) is 13.2 Å². The lowest BCUT2D eigenvalue weighted by Crippen LogP contribution is -2.40. The van der Waals surface area contributed by atoms with E-state index < -0.39 is 15.9 Å². The maximum Gasteiger partial charge on any atom is 0.244 e. The number of nitrogens with zero attached hydrogens (tertiary/aromatic N) is 1. The highest BCUT2D eigenvalue weighted by atomic mass is 35.5. The van der Waals surface area contributed by atoms with Crippen molar-refractivity contribution in [2.75, 3.05) is 26.7 Å². The van der Waals surface area contributed by atoms with Crippen LogP contribution in [-0.2, 0) is 19.6 Å². The molecule has 1 aromatic rings. The van der Waals surface area contributed by atoms with Crippen LogP contribution in [0.15, 0.2) is 23.1 Å². The fourth-order valence-corrected chi connectivity index (χ4v) is 4.08. The van der Waals surface area contributed by atoms with Crippen LogP contribution in [0.4, 0.5) is 0 Å². The van der Waals surface area contributed by atoms with Crippen LogP contribution < -0.4 is 5.32 Å². The molecule has 1 aromatic carbocycles. The number of rotatable bonds is 6. The van der Waals surface area contributed by atoms with Crippen molar-refractivity contribution in [3.05, 3.63) is 28.2 Å². The molecule has 0 aliphatic carbocycles. The zero-order chi connectivity index (χ0) is 17.0. The van der Waals surface area contributed by atoms with Crippen molar-refractivity contribution >= 4 is 39.1 Å². The normalized spacial score (nSPS) is 18.3. The average molecular weight is 381 g/mol. The van der Waals surface area contributed by atoms with E-state index in [1.54, 1.807) is 0 Å². The monoisotopic (exact) mass is 380 g/mol. The van der Waals surface area contributed by atoms with Crippen LogP contribution in [0, 0.1) is 0 Å². The third-order valence-electron chi connectivity index (χ3n) is 3.50. The largest absolute Gasteiger partial charge is 0.376 e. The first-order valence-corrected chi connectivity index (χ1v) is 9.30. The first-order valence-electron chi connectivity index (χ1n) is 7.10. The zero-order valence-corrected chi connectivity index (χ0v) is 14.9.